The van der Waals surface area contributed by atoms with Gasteiger partial charge in [-0.3, -0.25) is 14.0 Å². The number of pyridine rings is 2. The zero-order chi connectivity index (χ0) is 36.4. The Labute approximate surface area is 311 Å². The summed E-state index contributed by atoms with van der Waals surface area (Å²) in [5.74, 6) is 0.580. The smallest absolute Gasteiger partial charge is 0.262 e. The number of nitrogens with zero attached hydrogens (tertiary/aromatic N) is 3. The van der Waals surface area contributed by atoms with Crippen LogP contribution in [0.4, 0.5) is 0 Å². The molecule has 0 saturated carbocycles. The number of aliphatic hydroxyl groups is 1. The van der Waals surface area contributed by atoms with E-state index in [1.165, 1.54) is 4.40 Å². The lowest BCUT2D eigenvalue weighted by molar-refractivity contribution is -0.119. The van der Waals surface area contributed by atoms with Crippen LogP contribution in [0.2, 0.25) is 10.0 Å². The quantitative estimate of drug-likeness (QED) is 0.142. The van der Waals surface area contributed by atoms with Crippen LogP contribution in [0.5, 0.6) is 5.88 Å². The van der Waals surface area contributed by atoms with E-state index < -0.39 is 6.10 Å². The molecule has 5 aromatic rings. The minimum absolute atomic E-state index is 0.0917. The second kappa shape index (κ2) is 15.7. The first-order chi connectivity index (χ1) is 25.2. The van der Waals surface area contributed by atoms with Crippen molar-refractivity contribution in [3.63, 3.8) is 0 Å². The van der Waals surface area contributed by atoms with E-state index in [4.69, 9.17) is 42.6 Å². The van der Waals surface area contributed by atoms with Crippen molar-refractivity contribution in [3.8, 4) is 39.4 Å². The van der Waals surface area contributed by atoms with Crippen molar-refractivity contribution >= 4 is 34.8 Å². The fourth-order valence-electron chi connectivity index (χ4n) is 6.89. The summed E-state index contributed by atoms with van der Waals surface area (Å²) < 4.78 is 12.5. The molecule has 3 atom stereocenters. The lowest BCUT2D eigenvalue weighted by Gasteiger charge is -2.28. The van der Waals surface area contributed by atoms with Gasteiger partial charge in [0.25, 0.3) is 5.56 Å². The van der Waals surface area contributed by atoms with Gasteiger partial charge in [0.15, 0.2) is 0 Å². The molecule has 52 heavy (non-hydrogen) atoms. The zero-order valence-electron chi connectivity index (χ0n) is 28.9. The third kappa shape index (κ3) is 7.43. The number of carbonyl (C=O) groups excluding carboxylic acids is 1. The minimum Gasteiger partial charge on any atom is -0.481 e. The molecule has 2 aromatic carbocycles. The molecule has 2 aliphatic heterocycles. The zero-order valence-corrected chi connectivity index (χ0v) is 30.4. The summed E-state index contributed by atoms with van der Waals surface area (Å²) in [4.78, 5) is 34.6. The number of rotatable bonds is 11. The molecule has 7 rings (SSSR count). The van der Waals surface area contributed by atoms with Crippen LogP contribution in [0.15, 0.2) is 71.7 Å². The van der Waals surface area contributed by atoms with Gasteiger partial charge in [-0.05, 0) is 43.5 Å². The highest BCUT2D eigenvalue weighted by molar-refractivity contribution is 6.39. The molecular weight excluding hydrogens is 703 g/mol. The number of halogens is 2. The van der Waals surface area contributed by atoms with Gasteiger partial charge in [0.05, 0.1) is 41.1 Å². The second-order valence-electron chi connectivity index (χ2n) is 13.2. The van der Waals surface area contributed by atoms with Gasteiger partial charge >= 0.3 is 0 Å². The number of benzene rings is 2. The van der Waals surface area contributed by atoms with E-state index in [1.54, 1.807) is 13.3 Å². The van der Waals surface area contributed by atoms with Crippen LogP contribution < -0.4 is 26.2 Å². The fourth-order valence-corrected chi connectivity index (χ4v) is 7.55. The molecule has 0 radical (unpaired) electrons. The van der Waals surface area contributed by atoms with Crippen molar-refractivity contribution in [2.75, 3.05) is 26.9 Å². The van der Waals surface area contributed by atoms with Gasteiger partial charge in [-0.1, -0.05) is 65.7 Å². The number of aliphatic hydroxyl groups excluding tert-OH is 1. The third-order valence-electron chi connectivity index (χ3n) is 9.80. The number of methoxy groups -OCH3 is 1. The minimum atomic E-state index is -0.620. The molecule has 5 heterocycles. The Hall–Kier alpha value is -4.36. The number of aryl methyl sites for hydroxylation is 1. The first-order valence-electron chi connectivity index (χ1n) is 17.3. The summed E-state index contributed by atoms with van der Waals surface area (Å²) in [6.45, 7) is 4.17. The Morgan fingerprint density at radius 2 is 1.73 bits per heavy atom. The summed E-state index contributed by atoms with van der Waals surface area (Å²) in [5.41, 5.74) is 6.83. The van der Waals surface area contributed by atoms with Gasteiger partial charge in [0.2, 0.25) is 11.8 Å². The molecular formula is C39H40Cl2N6O5. The summed E-state index contributed by atoms with van der Waals surface area (Å²) in [5, 5.41) is 20.9. The number of hydrogen-bond donors (Lipinski definition) is 4. The van der Waals surface area contributed by atoms with Gasteiger partial charge < -0.3 is 30.5 Å². The van der Waals surface area contributed by atoms with E-state index in [0.717, 1.165) is 39.8 Å². The normalized spacial score (nSPS) is 18.9. The lowest BCUT2D eigenvalue weighted by Crippen LogP contribution is -2.46. The maximum absolute atomic E-state index is 13.5. The predicted octanol–water partition coefficient (Wildman–Crippen LogP) is 5.32. The number of hydrogen-bond acceptors (Lipinski definition) is 9. The molecule has 3 aromatic heterocycles. The molecule has 0 aliphatic carbocycles. The lowest BCUT2D eigenvalue weighted by atomic mass is 9.97. The van der Waals surface area contributed by atoms with Crippen LogP contribution in [-0.2, 0) is 22.6 Å². The molecule has 1 amide bonds. The maximum Gasteiger partial charge on any atom is 0.262 e. The first kappa shape index (κ1) is 36.0. The molecule has 11 nitrogen and oxygen atoms in total. The number of fused-ring (bicyclic) bond motifs is 1. The Morgan fingerprint density at radius 3 is 2.46 bits per heavy atom. The van der Waals surface area contributed by atoms with Crippen molar-refractivity contribution in [2.45, 2.75) is 57.5 Å². The van der Waals surface area contributed by atoms with Crippen LogP contribution in [0.1, 0.15) is 36.1 Å². The van der Waals surface area contributed by atoms with Gasteiger partial charge in [-0.2, -0.15) is 0 Å². The third-order valence-corrected chi connectivity index (χ3v) is 10.6. The molecule has 13 heteroatoms. The average molecular weight is 744 g/mol. The number of carbonyl (C=O) groups is 1. The molecule has 0 spiro atoms. The molecule has 4 N–H and O–H groups in total. The van der Waals surface area contributed by atoms with E-state index >= 15 is 0 Å². The van der Waals surface area contributed by atoms with Crippen molar-refractivity contribution in [3.05, 3.63) is 104 Å². The average Bonchev–Trinajstić information content (AvgIpc) is 3.57. The molecule has 2 fully saturated rings. The highest BCUT2D eigenvalue weighted by atomic mass is 35.5. The van der Waals surface area contributed by atoms with E-state index in [-0.39, 0.29) is 30.2 Å². The van der Waals surface area contributed by atoms with E-state index in [9.17, 15) is 14.7 Å². The Kier molecular flexibility index (Phi) is 10.9. The van der Waals surface area contributed by atoms with E-state index in [0.29, 0.717) is 77.6 Å². The van der Waals surface area contributed by atoms with Gasteiger partial charge in [-0.15, -0.1) is 0 Å². The standard InChI is InChI=1S/C39H40Cl2N6O5/c1-22-30(20-43-32-14-16-52-21-33(32)48)39(50)47-15-13-23(17-34(47)44-22)26-5-3-6-27(36(26)40)28-7-4-8-29(37(28)41)31-11-9-24(38(46-31)51-2)18-42-19-25-10-12-35(49)45-25/h3-9,11,13,15,17,25,32-33,42-43,48H,10,12,14,16,18-21H2,1-2H3,(H,45,49)/t25-,32+,33-/m1/s1. The van der Waals surface area contributed by atoms with Gasteiger partial charge in [0, 0.05) is 84.5 Å². The van der Waals surface area contributed by atoms with Crippen LogP contribution in [-0.4, -0.2) is 70.4 Å². The van der Waals surface area contributed by atoms with Crippen molar-refractivity contribution in [1.29, 1.82) is 0 Å². The Morgan fingerprint density at radius 1 is 0.981 bits per heavy atom. The predicted molar refractivity (Wildman–Crippen MR) is 202 cm³/mol. The fraction of sp³-hybridized carbons (Fsp3) is 0.333. The summed E-state index contributed by atoms with van der Waals surface area (Å²) >= 11 is 14.2. The van der Waals surface area contributed by atoms with Crippen LogP contribution >= 0.6 is 23.2 Å². The van der Waals surface area contributed by atoms with Gasteiger partial charge in [-0.25, -0.2) is 9.97 Å². The molecule has 2 aliphatic rings. The SMILES string of the molecule is COc1nc(-c2cccc(-c3cccc(-c4ccn5c(=O)c(CN[C@H]6CCOC[C@H]6O)c(C)nc5c4)c3Cl)c2Cl)ccc1CNC[C@H]1CCC(=O)N1. The highest BCUT2D eigenvalue weighted by Gasteiger charge is 2.24. The summed E-state index contributed by atoms with van der Waals surface area (Å²) in [6, 6.07) is 19.1. The molecule has 0 unspecified atom stereocenters. The number of amides is 1. The van der Waals surface area contributed by atoms with Crippen LogP contribution in [0.25, 0.3) is 39.2 Å². The maximum atomic E-state index is 13.5. The number of nitrogens with one attached hydrogen (secondary N) is 3. The Bertz CT molecular complexity index is 2190. The number of ether oxygens (including phenoxy) is 2. The summed E-state index contributed by atoms with van der Waals surface area (Å²) in [6.07, 6.45) is 3.16. The van der Waals surface area contributed by atoms with Crippen molar-refractivity contribution in [2.24, 2.45) is 0 Å². The van der Waals surface area contributed by atoms with Crippen LogP contribution in [0.3, 0.4) is 0 Å². The van der Waals surface area contributed by atoms with Crippen LogP contribution in [0, 0.1) is 6.92 Å². The largest absolute Gasteiger partial charge is 0.481 e. The highest BCUT2D eigenvalue weighted by Crippen LogP contribution is 2.42. The van der Waals surface area contributed by atoms with Crippen molar-refractivity contribution < 1.29 is 19.4 Å². The topological polar surface area (TPSA) is 139 Å². The molecule has 270 valence electrons. The summed E-state index contributed by atoms with van der Waals surface area (Å²) in [7, 11) is 1.59. The van der Waals surface area contributed by atoms with Crippen molar-refractivity contribution in [1.82, 2.24) is 30.3 Å². The monoisotopic (exact) mass is 742 g/mol. The van der Waals surface area contributed by atoms with E-state index in [1.807, 2.05) is 67.6 Å². The number of aromatic nitrogens is 3. The Balaban J connectivity index is 1.13. The van der Waals surface area contributed by atoms with E-state index in [2.05, 4.69) is 16.0 Å². The van der Waals surface area contributed by atoms with Gasteiger partial charge in [0.1, 0.15) is 5.65 Å². The first-order valence-corrected chi connectivity index (χ1v) is 18.1. The second-order valence-corrected chi connectivity index (χ2v) is 13.9. The molecule has 2 saturated heterocycles. The molecule has 0 bridgehead atoms.